The summed E-state index contributed by atoms with van der Waals surface area (Å²) in [6.07, 6.45) is 6.23. The Kier molecular flexibility index (Phi) is 3.25. The Hall–Kier alpha value is -0.820. The Balaban J connectivity index is 2.06. The zero-order chi connectivity index (χ0) is 14.5. The van der Waals surface area contributed by atoms with Crippen LogP contribution >= 0.6 is 0 Å². The maximum absolute atomic E-state index is 6.65. The van der Waals surface area contributed by atoms with Gasteiger partial charge in [0.05, 0.1) is 0 Å². The predicted molar refractivity (Wildman–Crippen MR) is 86.1 cm³/mol. The molecule has 0 saturated heterocycles. The van der Waals surface area contributed by atoms with Crippen LogP contribution in [-0.4, -0.2) is 5.54 Å². The van der Waals surface area contributed by atoms with Gasteiger partial charge in [0, 0.05) is 5.54 Å². The Morgan fingerprint density at radius 3 is 2.65 bits per heavy atom. The molecule has 2 N–H and O–H groups in total. The van der Waals surface area contributed by atoms with Gasteiger partial charge in [0.2, 0.25) is 0 Å². The molecule has 1 saturated carbocycles. The number of aryl methyl sites for hydroxylation is 1. The van der Waals surface area contributed by atoms with Crippen LogP contribution in [0.1, 0.15) is 76.0 Å². The summed E-state index contributed by atoms with van der Waals surface area (Å²) in [6.45, 7) is 9.32. The molecule has 0 unspecified atom stereocenters. The molecule has 1 nitrogen and oxygen atoms in total. The second-order valence-electron chi connectivity index (χ2n) is 7.94. The Labute approximate surface area is 124 Å². The number of benzene rings is 1. The lowest BCUT2D eigenvalue weighted by atomic mass is 9.53. The first-order valence-electron chi connectivity index (χ1n) is 8.27. The van der Waals surface area contributed by atoms with Gasteiger partial charge in [0.25, 0.3) is 0 Å². The first kappa shape index (κ1) is 14.1. The zero-order valence-electron chi connectivity index (χ0n) is 13.5. The molecule has 0 radical (unpaired) electrons. The van der Waals surface area contributed by atoms with Crippen LogP contribution < -0.4 is 5.73 Å². The molecule has 2 aliphatic carbocycles. The smallest absolute Gasteiger partial charge is 0.0162 e. The Morgan fingerprint density at radius 1 is 1.20 bits per heavy atom. The summed E-state index contributed by atoms with van der Waals surface area (Å²) in [4.78, 5) is 0. The van der Waals surface area contributed by atoms with E-state index in [0.29, 0.717) is 17.3 Å². The van der Waals surface area contributed by atoms with Gasteiger partial charge in [-0.05, 0) is 66.5 Å². The summed E-state index contributed by atoms with van der Waals surface area (Å²) in [5, 5.41) is 0. The lowest BCUT2D eigenvalue weighted by Gasteiger charge is -2.54. The summed E-state index contributed by atoms with van der Waals surface area (Å²) in [5.74, 6) is 1.26. The topological polar surface area (TPSA) is 26.0 Å². The van der Waals surface area contributed by atoms with Crippen molar-refractivity contribution in [3.8, 4) is 0 Å². The zero-order valence-corrected chi connectivity index (χ0v) is 13.5. The maximum Gasteiger partial charge on any atom is 0.0162 e. The SMILES string of the molecule is CC(C)c1ccc2c(c1)CC[C@H]1[C@](C)(N)CCC[C@]21C. The third-order valence-corrected chi connectivity index (χ3v) is 6.09. The van der Waals surface area contributed by atoms with Crippen LogP contribution in [0.5, 0.6) is 0 Å². The van der Waals surface area contributed by atoms with Crippen molar-refractivity contribution in [1.29, 1.82) is 0 Å². The Bertz CT molecular complexity index is 514. The maximum atomic E-state index is 6.65. The number of rotatable bonds is 1. The van der Waals surface area contributed by atoms with E-state index in [4.69, 9.17) is 5.73 Å². The van der Waals surface area contributed by atoms with Crippen molar-refractivity contribution in [1.82, 2.24) is 0 Å². The fraction of sp³-hybridized carbons (Fsp3) is 0.684. The average molecular weight is 271 g/mol. The van der Waals surface area contributed by atoms with Gasteiger partial charge in [-0.25, -0.2) is 0 Å². The number of nitrogens with two attached hydrogens (primary N) is 1. The second kappa shape index (κ2) is 4.59. The first-order valence-corrected chi connectivity index (χ1v) is 8.27. The van der Waals surface area contributed by atoms with Crippen LogP contribution in [0.15, 0.2) is 18.2 Å². The van der Waals surface area contributed by atoms with E-state index in [9.17, 15) is 0 Å². The molecule has 20 heavy (non-hydrogen) atoms. The molecule has 0 amide bonds. The molecular weight excluding hydrogens is 242 g/mol. The van der Waals surface area contributed by atoms with Crippen LogP contribution in [0.2, 0.25) is 0 Å². The van der Waals surface area contributed by atoms with Crippen molar-refractivity contribution in [3.05, 3.63) is 34.9 Å². The van der Waals surface area contributed by atoms with Crippen LogP contribution in [0.4, 0.5) is 0 Å². The molecule has 1 fully saturated rings. The minimum atomic E-state index is 0.0153. The summed E-state index contributed by atoms with van der Waals surface area (Å²) in [5.41, 5.74) is 11.6. The third-order valence-electron chi connectivity index (χ3n) is 6.09. The van der Waals surface area contributed by atoms with Crippen molar-refractivity contribution in [2.75, 3.05) is 0 Å². The average Bonchev–Trinajstić information content (AvgIpc) is 2.37. The lowest BCUT2D eigenvalue weighted by molar-refractivity contribution is 0.0907. The number of fused-ring (bicyclic) bond motifs is 3. The molecule has 3 rings (SSSR count). The van der Waals surface area contributed by atoms with Crippen LogP contribution in [0.25, 0.3) is 0 Å². The highest BCUT2D eigenvalue weighted by Crippen LogP contribution is 2.52. The van der Waals surface area contributed by atoms with E-state index < -0.39 is 0 Å². The number of hydrogen-bond acceptors (Lipinski definition) is 1. The fourth-order valence-corrected chi connectivity index (χ4v) is 4.92. The first-order chi connectivity index (χ1) is 9.34. The minimum absolute atomic E-state index is 0.0153. The minimum Gasteiger partial charge on any atom is -0.325 e. The van der Waals surface area contributed by atoms with Gasteiger partial charge in [-0.3, -0.25) is 0 Å². The van der Waals surface area contributed by atoms with Crippen molar-refractivity contribution in [3.63, 3.8) is 0 Å². The van der Waals surface area contributed by atoms with E-state index in [1.807, 2.05) is 0 Å². The van der Waals surface area contributed by atoms with E-state index in [2.05, 4.69) is 45.9 Å². The quantitative estimate of drug-likeness (QED) is 0.798. The molecule has 1 aromatic rings. The lowest BCUT2D eigenvalue weighted by Crippen LogP contribution is -2.57. The molecule has 110 valence electrons. The molecule has 0 spiro atoms. The Morgan fingerprint density at radius 2 is 1.95 bits per heavy atom. The van der Waals surface area contributed by atoms with Crippen LogP contribution in [0, 0.1) is 5.92 Å². The summed E-state index contributed by atoms with van der Waals surface area (Å²) in [6, 6.07) is 7.22. The van der Waals surface area contributed by atoms with Crippen molar-refractivity contribution >= 4 is 0 Å². The fourth-order valence-electron chi connectivity index (χ4n) is 4.92. The summed E-state index contributed by atoms with van der Waals surface area (Å²) < 4.78 is 0. The van der Waals surface area contributed by atoms with Gasteiger partial charge >= 0.3 is 0 Å². The highest BCUT2D eigenvalue weighted by molar-refractivity contribution is 5.42. The third kappa shape index (κ3) is 2.02. The van der Waals surface area contributed by atoms with Crippen LogP contribution in [-0.2, 0) is 11.8 Å². The van der Waals surface area contributed by atoms with E-state index in [-0.39, 0.29) is 5.54 Å². The van der Waals surface area contributed by atoms with E-state index >= 15 is 0 Å². The summed E-state index contributed by atoms with van der Waals surface area (Å²) >= 11 is 0. The predicted octanol–water partition coefficient (Wildman–Crippen LogP) is 4.53. The normalized spacial score (nSPS) is 36.6. The molecule has 2 aliphatic rings. The van der Waals surface area contributed by atoms with Crippen molar-refractivity contribution < 1.29 is 0 Å². The largest absolute Gasteiger partial charge is 0.325 e. The molecule has 3 atom stereocenters. The van der Waals surface area contributed by atoms with Crippen molar-refractivity contribution in [2.45, 2.75) is 76.7 Å². The van der Waals surface area contributed by atoms with Gasteiger partial charge in [0.15, 0.2) is 0 Å². The highest BCUT2D eigenvalue weighted by Gasteiger charge is 2.49. The standard InChI is InChI=1S/C19H29N/c1-13(2)14-6-8-16-15(12-14)7-9-17-18(16,3)10-5-11-19(17,4)20/h6,8,12-13,17H,5,7,9-11,20H2,1-4H3/t17-,18-,19-/m1/s1. The van der Waals surface area contributed by atoms with E-state index in [1.54, 1.807) is 11.1 Å². The molecule has 0 bridgehead atoms. The van der Waals surface area contributed by atoms with Crippen LogP contribution in [0.3, 0.4) is 0 Å². The van der Waals surface area contributed by atoms with E-state index in [1.165, 1.54) is 37.7 Å². The van der Waals surface area contributed by atoms with Gasteiger partial charge in [-0.1, -0.05) is 45.4 Å². The number of hydrogen-bond donors (Lipinski definition) is 1. The monoisotopic (exact) mass is 271 g/mol. The molecule has 0 aromatic heterocycles. The van der Waals surface area contributed by atoms with E-state index in [0.717, 1.165) is 0 Å². The molecular formula is C19H29N. The second-order valence-corrected chi connectivity index (χ2v) is 7.94. The van der Waals surface area contributed by atoms with Crippen molar-refractivity contribution in [2.24, 2.45) is 11.7 Å². The molecule has 0 aliphatic heterocycles. The highest BCUT2D eigenvalue weighted by atomic mass is 14.8. The van der Waals surface area contributed by atoms with Gasteiger partial charge < -0.3 is 5.73 Å². The van der Waals surface area contributed by atoms with Gasteiger partial charge in [0.1, 0.15) is 0 Å². The molecule has 1 aromatic carbocycles. The van der Waals surface area contributed by atoms with Gasteiger partial charge in [-0.15, -0.1) is 0 Å². The summed E-state index contributed by atoms with van der Waals surface area (Å²) in [7, 11) is 0. The molecule has 1 heteroatoms. The molecule has 0 heterocycles. The van der Waals surface area contributed by atoms with Gasteiger partial charge in [-0.2, -0.15) is 0 Å².